The van der Waals surface area contributed by atoms with Gasteiger partial charge in [-0.15, -0.1) is 0 Å². The van der Waals surface area contributed by atoms with Crippen LogP contribution in [0.4, 0.5) is 14.5 Å². The van der Waals surface area contributed by atoms with Crippen molar-refractivity contribution in [3.63, 3.8) is 0 Å². The number of amides is 1. The van der Waals surface area contributed by atoms with Crippen LogP contribution < -0.4 is 9.64 Å². The molecule has 1 aliphatic rings. The van der Waals surface area contributed by atoms with Gasteiger partial charge in [-0.1, -0.05) is 62.4 Å². The molecule has 0 aromatic heterocycles. The molecule has 1 amide bonds. The van der Waals surface area contributed by atoms with Crippen LogP contribution in [-0.2, 0) is 4.79 Å². The molecular formula is C38H39F2NO4Si. The average Bonchev–Trinajstić information content (AvgIpc) is 3.03. The molecule has 5 nitrogen and oxygen atoms in total. The number of hydrogen-bond donors (Lipinski definition) is 1. The van der Waals surface area contributed by atoms with Gasteiger partial charge in [0.1, 0.15) is 17.4 Å². The fourth-order valence-corrected chi connectivity index (χ4v) is 6.31. The predicted octanol–water partition coefficient (Wildman–Crippen LogP) is 9.12. The van der Waals surface area contributed by atoms with Crippen LogP contribution in [0.15, 0.2) is 109 Å². The molecular weight excluding hydrogens is 601 g/mol. The fourth-order valence-electron chi connectivity index (χ4n) is 5.57. The number of benzene rings is 4. The minimum absolute atomic E-state index is 0.0878. The van der Waals surface area contributed by atoms with Crippen molar-refractivity contribution >= 4 is 31.5 Å². The highest BCUT2D eigenvalue weighted by molar-refractivity contribution is 6.72. The number of esters is 1. The number of hydrogen-bond acceptors (Lipinski definition) is 4. The number of ether oxygens (including phenoxy) is 1. The largest absolute Gasteiger partial charge is 0.432 e. The third-order valence-corrected chi connectivity index (χ3v) is 12.8. The van der Waals surface area contributed by atoms with Gasteiger partial charge in [-0.3, -0.25) is 4.79 Å². The minimum atomic E-state index is -2.46. The summed E-state index contributed by atoms with van der Waals surface area (Å²) in [5, 5.41) is -0.258. The molecule has 0 spiro atoms. The normalized spacial score (nSPS) is 17.1. The number of rotatable bonds is 11. The zero-order valence-electron chi connectivity index (χ0n) is 26.5. The third kappa shape index (κ3) is 7.35. The van der Waals surface area contributed by atoms with Gasteiger partial charge < -0.3 is 14.4 Å². The predicted molar refractivity (Wildman–Crippen MR) is 180 cm³/mol. The van der Waals surface area contributed by atoms with Gasteiger partial charge in [-0.2, -0.15) is 0 Å². The summed E-state index contributed by atoms with van der Waals surface area (Å²) in [6.45, 7) is 8.02. The zero-order chi connectivity index (χ0) is 33.1. The molecule has 0 unspecified atom stereocenters. The highest BCUT2D eigenvalue weighted by Gasteiger charge is 2.48. The van der Waals surface area contributed by atoms with Crippen molar-refractivity contribution in [2.24, 2.45) is 5.92 Å². The molecule has 1 fully saturated rings. The maximum absolute atomic E-state index is 13.8. The van der Waals surface area contributed by atoms with Crippen LogP contribution in [-0.4, -0.2) is 25.0 Å². The lowest BCUT2D eigenvalue weighted by Gasteiger charge is -2.47. The van der Waals surface area contributed by atoms with E-state index in [1.54, 1.807) is 65.6 Å². The second-order valence-corrected chi connectivity index (χ2v) is 17.4. The number of anilines is 1. The Morgan fingerprint density at radius 2 is 1.46 bits per heavy atom. The second-order valence-electron chi connectivity index (χ2n) is 13.0. The number of halogens is 2. The molecule has 238 valence electrons. The van der Waals surface area contributed by atoms with Crippen LogP contribution in [0.5, 0.6) is 5.75 Å². The van der Waals surface area contributed by atoms with E-state index in [0.717, 1.165) is 23.1 Å². The first-order valence-electron chi connectivity index (χ1n) is 15.5. The topological polar surface area (TPSA) is 66.8 Å². The van der Waals surface area contributed by atoms with Crippen LogP contribution >= 0.6 is 0 Å². The lowest BCUT2D eigenvalue weighted by Crippen LogP contribution is -2.55. The number of nitrogens with zero attached hydrogens (tertiary/aromatic N) is 1. The highest BCUT2D eigenvalue weighted by atomic mass is 28.4. The van der Waals surface area contributed by atoms with Crippen molar-refractivity contribution in [1.82, 2.24) is 0 Å². The van der Waals surface area contributed by atoms with E-state index in [2.05, 4.69) is 19.9 Å². The Hall–Kier alpha value is -4.40. The summed E-state index contributed by atoms with van der Waals surface area (Å²) in [5.41, 5.74) is 3.74. The molecule has 4 aromatic rings. The van der Waals surface area contributed by atoms with Gasteiger partial charge in [-0.25, -0.2) is 13.6 Å². The molecule has 2 atom stereocenters. The van der Waals surface area contributed by atoms with E-state index in [4.69, 9.17) is 4.74 Å². The molecule has 1 heterocycles. The maximum Gasteiger partial charge on any atom is 0.343 e. The first-order valence-corrected chi connectivity index (χ1v) is 18.4. The summed E-state index contributed by atoms with van der Waals surface area (Å²) in [4.78, 5) is 38.8. The van der Waals surface area contributed by atoms with Crippen molar-refractivity contribution in [3.8, 4) is 5.75 Å². The van der Waals surface area contributed by atoms with Gasteiger partial charge in [0.15, 0.2) is 8.32 Å². The van der Waals surface area contributed by atoms with E-state index >= 15 is 0 Å². The number of allylic oxidation sites excluding steroid dienone is 2. The van der Waals surface area contributed by atoms with Crippen LogP contribution in [0.25, 0.3) is 5.57 Å². The average molecular weight is 640 g/mol. The lowest BCUT2D eigenvalue weighted by atomic mass is 9.79. The summed E-state index contributed by atoms with van der Waals surface area (Å²) < 4.78 is 33.2. The third-order valence-electron chi connectivity index (χ3n) is 9.27. The number of β-lactam (4-membered cyclic amide) rings is 1. The van der Waals surface area contributed by atoms with E-state index in [-0.39, 0.29) is 22.8 Å². The standard InChI is InChI=1S/C38H39F2NO4Si/c1-38(2,46(3,4)44)25-24-27(26-10-15-30(39)16-11-26)14-23-34-35(41(36(34)42)32-19-17-31(40)18-20-32)28-12-21-33(22-13-28)45-37(43)29-8-6-5-7-9-29/h5-22,34-35,44H,23-25H2,1-4H3/b27-14+/t34-,35-/m1/s1. The number of carbonyl (C=O) groups is 2. The van der Waals surface area contributed by atoms with Crippen molar-refractivity contribution < 1.29 is 27.9 Å². The van der Waals surface area contributed by atoms with E-state index in [1.165, 1.54) is 24.3 Å². The van der Waals surface area contributed by atoms with Crippen molar-refractivity contribution in [2.75, 3.05) is 4.90 Å². The van der Waals surface area contributed by atoms with Crippen LogP contribution in [0.2, 0.25) is 18.1 Å². The zero-order valence-corrected chi connectivity index (χ0v) is 27.5. The Morgan fingerprint density at radius 1 is 0.870 bits per heavy atom. The van der Waals surface area contributed by atoms with Gasteiger partial charge in [0.25, 0.3) is 0 Å². The summed E-state index contributed by atoms with van der Waals surface area (Å²) >= 11 is 0. The smallest absolute Gasteiger partial charge is 0.343 e. The Morgan fingerprint density at radius 3 is 2.04 bits per heavy atom. The van der Waals surface area contributed by atoms with Gasteiger partial charge in [-0.05, 0) is 115 Å². The summed E-state index contributed by atoms with van der Waals surface area (Å²) in [6, 6.07) is 27.7. The molecule has 0 bridgehead atoms. The summed E-state index contributed by atoms with van der Waals surface area (Å²) in [6.07, 6.45) is 3.88. The Labute approximate surface area is 270 Å². The molecule has 46 heavy (non-hydrogen) atoms. The molecule has 0 saturated carbocycles. The molecule has 8 heteroatoms. The van der Waals surface area contributed by atoms with Crippen LogP contribution in [0, 0.1) is 17.6 Å². The van der Waals surface area contributed by atoms with Crippen molar-refractivity contribution in [1.29, 1.82) is 0 Å². The fraction of sp³-hybridized carbons (Fsp3) is 0.263. The monoisotopic (exact) mass is 639 g/mol. The van der Waals surface area contributed by atoms with Crippen LogP contribution in [0.1, 0.15) is 60.6 Å². The molecule has 4 aromatic carbocycles. The van der Waals surface area contributed by atoms with Gasteiger partial charge in [0.05, 0.1) is 17.5 Å². The van der Waals surface area contributed by atoms with E-state index in [1.807, 2.05) is 31.3 Å². The van der Waals surface area contributed by atoms with Crippen LogP contribution in [0.3, 0.4) is 0 Å². The van der Waals surface area contributed by atoms with Crippen molar-refractivity contribution in [3.05, 3.63) is 138 Å². The van der Waals surface area contributed by atoms with Crippen molar-refractivity contribution in [2.45, 2.75) is 57.3 Å². The van der Waals surface area contributed by atoms with Gasteiger partial charge in [0.2, 0.25) is 5.91 Å². The highest BCUT2D eigenvalue weighted by Crippen LogP contribution is 2.47. The molecule has 0 radical (unpaired) electrons. The molecule has 1 saturated heterocycles. The Kier molecular flexibility index (Phi) is 9.70. The summed E-state index contributed by atoms with van der Waals surface area (Å²) in [7, 11) is -2.46. The van der Waals surface area contributed by atoms with Gasteiger partial charge in [0, 0.05) is 5.69 Å². The van der Waals surface area contributed by atoms with E-state index in [0.29, 0.717) is 29.8 Å². The molecule has 1 aliphatic heterocycles. The Bertz CT molecular complexity index is 1700. The second kappa shape index (κ2) is 13.5. The maximum atomic E-state index is 13.8. The van der Waals surface area contributed by atoms with E-state index in [9.17, 15) is 23.2 Å². The lowest BCUT2D eigenvalue weighted by molar-refractivity contribution is -0.130. The van der Waals surface area contributed by atoms with E-state index < -0.39 is 26.0 Å². The van der Waals surface area contributed by atoms with Gasteiger partial charge >= 0.3 is 5.97 Å². The minimum Gasteiger partial charge on any atom is -0.432 e. The molecule has 5 rings (SSSR count). The Balaban J connectivity index is 1.42. The molecule has 1 N–H and O–H groups in total. The summed E-state index contributed by atoms with van der Waals surface area (Å²) in [5.74, 6) is -1.30. The first-order chi connectivity index (χ1) is 21.8. The quantitative estimate of drug-likeness (QED) is 0.0770. The first kappa shape index (κ1) is 33.0. The number of carbonyl (C=O) groups excluding carboxylic acids is 2. The molecule has 0 aliphatic carbocycles. The SMILES string of the molecule is CC(C)(CC/C(=C\C[C@H]1C(=O)N(c2ccc(F)cc2)[C@@H]1c1ccc(OC(=O)c2ccccc2)cc1)c1ccc(F)cc1)[Si](C)(C)O.